The quantitative estimate of drug-likeness (QED) is 0.806. The van der Waals surface area contributed by atoms with E-state index in [-0.39, 0.29) is 12.5 Å². The molecule has 1 aromatic carbocycles. The second kappa shape index (κ2) is 7.87. The number of carbonyl (C=O) groups is 1. The first-order valence-corrected chi connectivity index (χ1v) is 7.48. The van der Waals surface area contributed by atoms with Crippen LogP contribution in [0.4, 0.5) is 0 Å². The van der Waals surface area contributed by atoms with E-state index in [1.54, 1.807) is 24.9 Å². The van der Waals surface area contributed by atoms with Crippen molar-refractivity contribution in [3.63, 3.8) is 0 Å². The molecule has 1 aromatic rings. The summed E-state index contributed by atoms with van der Waals surface area (Å²) in [4.78, 5) is 13.4. The van der Waals surface area contributed by atoms with Gasteiger partial charge in [-0.1, -0.05) is 15.9 Å². The Bertz CT molecular complexity index is 438. The molecule has 0 saturated heterocycles. The molecule has 1 rings (SSSR count). The number of likely N-dealkylation sites (N-methyl/N-ethyl adjacent to an activating group) is 1. The van der Waals surface area contributed by atoms with Gasteiger partial charge < -0.3 is 14.7 Å². The summed E-state index contributed by atoms with van der Waals surface area (Å²) >= 11 is 6.72. The van der Waals surface area contributed by atoms with Gasteiger partial charge in [-0.25, -0.2) is 0 Å². The molecule has 0 radical (unpaired) electrons. The van der Waals surface area contributed by atoms with Crippen molar-refractivity contribution in [1.29, 1.82) is 0 Å². The number of rotatable bonds is 6. The molecule has 0 heterocycles. The largest absolute Gasteiger partial charge is 0.483 e. The van der Waals surface area contributed by atoms with Crippen molar-refractivity contribution in [2.45, 2.75) is 19.4 Å². The molecule has 106 valence electrons. The van der Waals surface area contributed by atoms with Gasteiger partial charge in [0.05, 0.1) is 10.6 Å². The Morgan fingerprint density at radius 3 is 2.74 bits per heavy atom. The minimum atomic E-state index is -0.406. The fourth-order valence-electron chi connectivity index (χ4n) is 1.35. The van der Waals surface area contributed by atoms with Crippen molar-refractivity contribution >= 4 is 37.8 Å². The Hall–Kier alpha value is -0.590. The van der Waals surface area contributed by atoms with Crippen LogP contribution in [0, 0.1) is 0 Å². The van der Waals surface area contributed by atoms with Crippen LogP contribution < -0.4 is 4.74 Å². The molecule has 6 heteroatoms. The van der Waals surface area contributed by atoms with Gasteiger partial charge in [-0.15, -0.1) is 0 Å². The highest BCUT2D eigenvalue weighted by molar-refractivity contribution is 9.11. The number of benzene rings is 1. The van der Waals surface area contributed by atoms with E-state index in [4.69, 9.17) is 4.74 Å². The molecule has 1 N–H and O–H groups in total. The molecule has 1 amide bonds. The van der Waals surface area contributed by atoms with Gasteiger partial charge in [-0.2, -0.15) is 0 Å². The molecule has 0 saturated carbocycles. The van der Waals surface area contributed by atoms with E-state index >= 15 is 0 Å². The van der Waals surface area contributed by atoms with E-state index in [1.165, 1.54) is 0 Å². The lowest BCUT2D eigenvalue weighted by Crippen LogP contribution is -2.33. The van der Waals surface area contributed by atoms with Gasteiger partial charge in [0.25, 0.3) is 5.91 Å². The molecule has 1 unspecified atom stereocenters. The van der Waals surface area contributed by atoms with Crippen LogP contribution >= 0.6 is 31.9 Å². The first kappa shape index (κ1) is 16.5. The third kappa shape index (κ3) is 5.93. The van der Waals surface area contributed by atoms with Crippen molar-refractivity contribution < 1.29 is 14.6 Å². The number of hydrogen-bond donors (Lipinski definition) is 1. The number of nitrogens with zero attached hydrogens (tertiary/aromatic N) is 1. The van der Waals surface area contributed by atoms with E-state index in [9.17, 15) is 9.90 Å². The van der Waals surface area contributed by atoms with E-state index in [2.05, 4.69) is 31.9 Å². The average Bonchev–Trinajstić information content (AvgIpc) is 2.34. The SMILES string of the molecule is CC(O)CCN(C)C(=O)COc1ccc(Br)cc1Br. The number of aliphatic hydroxyl groups is 1. The van der Waals surface area contributed by atoms with Gasteiger partial charge in [0.15, 0.2) is 6.61 Å². The third-order valence-electron chi connectivity index (χ3n) is 2.55. The topological polar surface area (TPSA) is 49.8 Å². The number of ether oxygens (including phenoxy) is 1. The zero-order chi connectivity index (χ0) is 14.4. The fourth-order valence-corrected chi connectivity index (χ4v) is 2.51. The zero-order valence-corrected chi connectivity index (χ0v) is 14.1. The second-order valence-electron chi connectivity index (χ2n) is 4.32. The lowest BCUT2D eigenvalue weighted by molar-refractivity contribution is -0.132. The van der Waals surface area contributed by atoms with Crippen molar-refractivity contribution in [3.05, 3.63) is 27.1 Å². The molecular formula is C13H17Br2NO3. The van der Waals surface area contributed by atoms with E-state index in [1.807, 2.05) is 12.1 Å². The minimum Gasteiger partial charge on any atom is -0.483 e. The Morgan fingerprint density at radius 2 is 2.16 bits per heavy atom. The van der Waals surface area contributed by atoms with Crippen LogP contribution in [0.25, 0.3) is 0 Å². The van der Waals surface area contributed by atoms with E-state index in [0.29, 0.717) is 18.7 Å². The maximum absolute atomic E-state index is 11.8. The molecule has 4 nitrogen and oxygen atoms in total. The monoisotopic (exact) mass is 393 g/mol. The molecule has 0 aliphatic carbocycles. The Morgan fingerprint density at radius 1 is 1.47 bits per heavy atom. The summed E-state index contributed by atoms with van der Waals surface area (Å²) in [6.07, 6.45) is 0.154. The molecule has 0 aromatic heterocycles. The Balaban J connectivity index is 2.45. The standard InChI is InChI=1S/C13H17Br2NO3/c1-9(17)5-6-16(2)13(18)8-19-12-4-3-10(14)7-11(12)15/h3-4,7,9,17H,5-6,8H2,1-2H3. The lowest BCUT2D eigenvalue weighted by Gasteiger charge is -2.18. The summed E-state index contributed by atoms with van der Waals surface area (Å²) in [7, 11) is 1.70. The van der Waals surface area contributed by atoms with Crippen LogP contribution in [0.2, 0.25) is 0 Å². The number of hydrogen-bond acceptors (Lipinski definition) is 3. The second-order valence-corrected chi connectivity index (χ2v) is 6.09. The van der Waals surface area contributed by atoms with Gasteiger partial charge in [0.2, 0.25) is 0 Å². The lowest BCUT2D eigenvalue weighted by atomic mass is 10.3. The fraction of sp³-hybridized carbons (Fsp3) is 0.462. The minimum absolute atomic E-state index is 0.0173. The van der Waals surface area contributed by atoms with Crippen LogP contribution in [0.3, 0.4) is 0 Å². The predicted octanol–water partition coefficient (Wildman–Crippen LogP) is 2.82. The van der Waals surface area contributed by atoms with Crippen LogP contribution in [-0.2, 0) is 4.79 Å². The van der Waals surface area contributed by atoms with Crippen LogP contribution in [0.1, 0.15) is 13.3 Å². The number of halogens is 2. The Kier molecular flexibility index (Phi) is 6.82. The van der Waals surface area contributed by atoms with Crippen LogP contribution in [0.15, 0.2) is 27.1 Å². The summed E-state index contributed by atoms with van der Waals surface area (Å²) < 4.78 is 7.19. The molecule has 0 spiro atoms. The van der Waals surface area contributed by atoms with Gasteiger partial charge in [0, 0.05) is 18.1 Å². The Labute approximate surface area is 130 Å². The number of aliphatic hydroxyl groups excluding tert-OH is 1. The van der Waals surface area contributed by atoms with Crippen LogP contribution in [-0.4, -0.2) is 42.2 Å². The van der Waals surface area contributed by atoms with Gasteiger partial charge >= 0.3 is 0 Å². The smallest absolute Gasteiger partial charge is 0.260 e. The summed E-state index contributed by atoms with van der Waals surface area (Å²) in [6.45, 7) is 2.20. The van der Waals surface area contributed by atoms with Gasteiger partial charge in [-0.05, 0) is 47.5 Å². The molecule has 0 fully saturated rings. The summed E-state index contributed by atoms with van der Waals surface area (Å²) in [5.41, 5.74) is 0. The summed E-state index contributed by atoms with van der Waals surface area (Å²) in [6, 6.07) is 5.50. The molecule has 19 heavy (non-hydrogen) atoms. The zero-order valence-electron chi connectivity index (χ0n) is 10.9. The third-order valence-corrected chi connectivity index (χ3v) is 3.67. The summed E-state index contributed by atoms with van der Waals surface area (Å²) in [5.74, 6) is 0.510. The molecule has 0 aliphatic heterocycles. The van der Waals surface area contributed by atoms with Gasteiger partial charge in [0.1, 0.15) is 5.75 Å². The number of amides is 1. The highest BCUT2D eigenvalue weighted by Gasteiger charge is 2.11. The maximum Gasteiger partial charge on any atom is 0.260 e. The van der Waals surface area contributed by atoms with Crippen molar-refractivity contribution in [2.75, 3.05) is 20.2 Å². The van der Waals surface area contributed by atoms with E-state index in [0.717, 1.165) is 8.95 Å². The first-order chi connectivity index (χ1) is 8.90. The normalized spacial score (nSPS) is 12.1. The average molecular weight is 395 g/mol. The highest BCUT2D eigenvalue weighted by Crippen LogP contribution is 2.28. The summed E-state index contributed by atoms with van der Waals surface area (Å²) in [5, 5.41) is 9.17. The predicted molar refractivity (Wildman–Crippen MR) is 81.3 cm³/mol. The number of carbonyl (C=O) groups excluding carboxylic acids is 1. The maximum atomic E-state index is 11.8. The van der Waals surface area contributed by atoms with Crippen LogP contribution in [0.5, 0.6) is 5.75 Å². The molecule has 1 atom stereocenters. The van der Waals surface area contributed by atoms with E-state index < -0.39 is 6.10 Å². The van der Waals surface area contributed by atoms with Gasteiger partial charge in [-0.3, -0.25) is 4.79 Å². The molecule has 0 bridgehead atoms. The van der Waals surface area contributed by atoms with Crippen molar-refractivity contribution in [1.82, 2.24) is 4.90 Å². The van der Waals surface area contributed by atoms with Crippen molar-refractivity contribution in [3.8, 4) is 5.75 Å². The molecule has 0 aliphatic rings. The first-order valence-electron chi connectivity index (χ1n) is 5.90. The molecular weight excluding hydrogens is 378 g/mol. The van der Waals surface area contributed by atoms with Crippen molar-refractivity contribution in [2.24, 2.45) is 0 Å². The highest BCUT2D eigenvalue weighted by atomic mass is 79.9.